The number of ether oxygens (including phenoxy) is 1. The summed E-state index contributed by atoms with van der Waals surface area (Å²) >= 11 is 0. The highest BCUT2D eigenvalue weighted by Gasteiger charge is 2.49. The Balaban J connectivity index is 1.18. The quantitative estimate of drug-likeness (QED) is 0.532. The Morgan fingerprint density at radius 2 is 1.88 bits per heavy atom. The summed E-state index contributed by atoms with van der Waals surface area (Å²) < 4.78 is 7.38. The molecular weight excluding hydrogens is 520 g/mol. The maximum Gasteiger partial charge on any atom is 0.248 e. The smallest absolute Gasteiger partial charge is 0.248 e. The number of rotatable bonds is 7. The summed E-state index contributed by atoms with van der Waals surface area (Å²) in [6, 6.07) is 9.08. The van der Waals surface area contributed by atoms with Crippen LogP contribution in [0.25, 0.3) is 0 Å². The zero-order chi connectivity index (χ0) is 28.8. The number of aliphatic hydroxyl groups is 1. The van der Waals surface area contributed by atoms with Crippen LogP contribution in [0.5, 0.6) is 0 Å². The molecule has 1 saturated carbocycles. The van der Waals surface area contributed by atoms with E-state index in [1.165, 1.54) is 5.56 Å². The number of aliphatic hydroxyl groups excluding tert-OH is 1. The first-order valence-electron chi connectivity index (χ1n) is 15.2. The lowest BCUT2D eigenvalue weighted by Crippen LogP contribution is -2.52. The van der Waals surface area contributed by atoms with E-state index in [2.05, 4.69) is 44.8 Å². The van der Waals surface area contributed by atoms with Gasteiger partial charge in [-0.3, -0.25) is 14.5 Å². The topological polar surface area (TPSA) is 113 Å². The number of nitrogens with zero attached hydrogens (tertiary/aromatic N) is 5. The minimum absolute atomic E-state index is 0.0135. The van der Waals surface area contributed by atoms with E-state index in [0.717, 1.165) is 64.1 Å². The fraction of sp³-hybridized carbons (Fsp3) is 0.677. The average Bonchev–Trinajstić information content (AvgIpc) is 3.41. The van der Waals surface area contributed by atoms with Crippen LogP contribution in [0, 0.1) is 5.41 Å². The second-order valence-electron chi connectivity index (χ2n) is 13.7. The maximum atomic E-state index is 14.1. The largest absolute Gasteiger partial charge is 0.391 e. The van der Waals surface area contributed by atoms with Crippen LogP contribution in [0.15, 0.2) is 36.5 Å². The van der Waals surface area contributed by atoms with E-state index in [1.54, 1.807) is 9.58 Å². The Morgan fingerprint density at radius 1 is 1.15 bits per heavy atom. The number of hydrogen-bond acceptors (Lipinski definition) is 7. The lowest BCUT2D eigenvalue weighted by Gasteiger charge is -2.41. The first kappa shape index (κ1) is 28.3. The van der Waals surface area contributed by atoms with Crippen LogP contribution < -0.4 is 5.32 Å². The van der Waals surface area contributed by atoms with Crippen LogP contribution in [-0.2, 0) is 20.9 Å². The molecule has 1 aliphatic carbocycles. The highest BCUT2D eigenvalue weighted by molar-refractivity contribution is 5.90. The molecule has 1 aromatic heterocycles. The Kier molecular flexibility index (Phi) is 7.67. The molecule has 10 nitrogen and oxygen atoms in total. The fourth-order valence-corrected chi connectivity index (χ4v) is 7.14. The minimum atomic E-state index is -0.743. The van der Waals surface area contributed by atoms with Crippen molar-refractivity contribution in [1.29, 1.82) is 0 Å². The van der Waals surface area contributed by atoms with Gasteiger partial charge < -0.3 is 20.1 Å². The summed E-state index contributed by atoms with van der Waals surface area (Å²) in [6.07, 6.45) is 6.31. The SMILES string of the molecule is CC(C)(C)[C@@H](C(=O)N1C[C@H](O)C[C@H]1C(=O)NC1CN(Cc2ccccc2)C2(CCOCC2)C1)n1cc(C2CC2)nn1. The van der Waals surface area contributed by atoms with Crippen LogP contribution >= 0.6 is 0 Å². The van der Waals surface area contributed by atoms with Gasteiger partial charge in [-0.1, -0.05) is 56.3 Å². The molecule has 4 heterocycles. The van der Waals surface area contributed by atoms with Crippen molar-refractivity contribution >= 4 is 11.8 Å². The second-order valence-corrected chi connectivity index (χ2v) is 13.7. The summed E-state index contributed by atoms with van der Waals surface area (Å²) in [5.74, 6) is 0.0477. The third kappa shape index (κ3) is 5.92. The van der Waals surface area contributed by atoms with Crippen molar-refractivity contribution in [1.82, 2.24) is 30.1 Å². The first-order valence-corrected chi connectivity index (χ1v) is 15.2. The van der Waals surface area contributed by atoms with Gasteiger partial charge in [-0.05, 0) is 43.1 Å². The van der Waals surface area contributed by atoms with Crippen LogP contribution in [0.1, 0.15) is 82.5 Å². The van der Waals surface area contributed by atoms with Crippen LogP contribution in [0.3, 0.4) is 0 Å². The molecule has 10 heteroatoms. The number of nitrogens with one attached hydrogen (secondary N) is 1. The fourth-order valence-electron chi connectivity index (χ4n) is 7.14. The van der Waals surface area contributed by atoms with E-state index >= 15 is 0 Å². The molecule has 4 aliphatic rings. The highest BCUT2D eigenvalue weighted by atomic mass is 16.5. The molecule has 4 atom stereocenters. The Labute approximate surface area is 242 Å². The van der Waals surface area contributed by atoms with Crippen molar-refractivity contribution in [2.75, 3.05) is 26.3 Å². The van der Waals surface area contributed by atoms with Gasteiger partial charge in [-0.15, -0.1) is 5.10 Å². The number of hydrogen-bond donors (Lipinski definition) is 2. The number of carbonyl (C=O) groups is 2. The molecule has 222 valence electrons. The summed E-state index contributed by atoms with van der Waals surface area (Å²) in [5, 5.41) is 22.6. The molecule has 41 heavy (non-hydrogen) atoms. The summed E-state index contributed by atoms with van der Waals surface area (Å²) in [5.41, 5.74) is 1.71. The Hall–Kier alpha value is -2.82. The summed E-state index contributed by atoms with van der Waals surface area (Å²) in [4.78, 5) is 32.0. The number of carbonyl (C=O) groups excluding carboxylic acids is 2. The van der Waals surface area contributed by atoms with Gasteiger partial charge >= 0.3 is 0 Å². The monoisotopic (exact) mass is 564 g/mol. The molecular formula is C31H44N6O4. The first-order chi connectivity index (χ1) is 19.6. The molecule has 3 saturated heterocycles. The van der Waals surface area contributed by atoms with Crippen molar-refractivity contribution in [3.05, 3.63) is 47.8 Å². The van der Waals surface area contributed by atoms with Crippen molar-refractivity contribution in [2.45, 2.75) is 102 Å². The van der Waals surface area contributed by atoms with E-state index in [1.807, 2.05) is 33.0 Å². The van der Waals surface area contributed by atoms with E-state index < -0.39 is 23.6 Å². The molecule has 2 aromatic rings. The third-order valence-electron chi connectivity index (χ3n) is 9.43. The predicted molar refractivity (Wildman–Crippen MR) is 153 cm³/mol. The third-order valence-corrected chi connectivity index (χ3v) is 9.43. The van der Waals surface area contributed by atoms with Crippen molar-refractivity contribution in [2.24, 2.45) is 5.41 Å². The van der Waals surface area contributed by atoms with E-state index in [0.29, 0.717) is 5.92 Å². The standard InChI is InChI=1S/C31H44N6O4/c1-30(2,3)27(37-20-25(33-34-37)22-9-10-22)29(40)36-19-24(38)15-26(36)28(39)32-23-16-31(11-13-41-14-12-31)35(18-23)17-21-7-5-4-6-8-21/h4-8,20,22-24,26-27,38H,9-19H2,1-3H3,(H,32,39)/t23?,24-,26+,27-/m1/s1. The lowest BCUT2D eigenvalue weighted by atomic mass is 9.85. The van der Waals surface area contributed by atoms with Gasteiger partial charge in [-0.2, -0.15) is 0 Å². The molecule has 1 spiro atoms. The highest BCUT2D eigenvalue weighted by Crippen LogP contribution is 2.41. The number of benzene rings is 1. The van der Waals surface area contributed by atoms with E-state index in [-0.39, 0.29) is 36.4 Å². The van der Waals surface area contributed by atoms with Crippen molar-refractivity contribution < 1.29 is 19.4 Å². The number of likely N-dealkylation sites (tertiary alicyclic amines) is 2. The number of aromatic nitrogens is 3. The maximum absolute atomic E-state index is 14.1. The molecule has 6 rings (SSSR count). The molecule has 4 fully saturated rings. The van der Waals surface area contributed by atoms with Gasteiger partial charge in [0.25, 0.3) is 0 Å². The van der Waals surface area contributed by atoms with Crippen molar-refractivity contribution in [3.8, 4) is 0 Å². The van der Waals surface area contributed by atoms with E-state index in [4.69, 9.17) is 4.74 Å². The van der Waals surface area contributed by atoms with Crippen molar-refractivity contribution in [3.63, 3.8) is 0 Å². The molecule has 1 unspecified atom stereocenters. The predicted octanol–water partition coefficient (Wildman–Crippen LogP) is 2.64. The molecule has 2 N–H and O–H groups in total. The summed E-state index contributed by atoms with van der Waals surface area (Å²) in [6.45, 7) is 9.17. The zero-order valence-corrected chi connectivity index (χ0v) is 24.5. The van der Waals surface area contributed by atoms with Crippen LogP contribution in [0.2, 0.25) is 0 Å². The second kappa shape index (κ2) is 11.1. The summed E-state index contributed by atoms with van der Waals surface area (Å²) in [7, 11) is 0. The molecule has 2 amide bonds. The van der Waals surface area contributed by atoms with Gasteiger partial charge in [0.15, 0.2) is 0 Å². The van der Waals surface area contributed by atoms with Crippen LogP contribution in [0.4, 0.5) is 0 Å². The Morgan fingerprint density at radius 3 is 2.56 bits per heavy atom. The number of β-amino-alcohol motifs (C(OH)–C–C–N with tert-alkyl or cyclic N) is 1. The number of amides is 2. The minimum Gasteiger partial charge on any atom is -0.391 e. The van der Waals surface area contributed by atoms with Gasteiger partial charge in [0.2, 0.25) is 11.8 Å². The van der Waals surface area contributed by atoms with E-state index in [9.17, 15) is 14.7 Å². The zero-order valence-electron chi connectivity index (χ0n) is 24.5. The Bertz CT molecular complexity index is 1230. The average molecular weight is 565 g/mol. The molecule has 0 bridgehead atoms. The lowest BCUT2D eigenvalue weighted by molar-refractivity contribution is -0.144. The van der Waals surface area contributed by atoms with Crippen LogP contribution in [-0.4, -0.2) is 91.7 Å². The van der Waals surface area contributed by atoms with Gasteiger partial charge in [0, 0.05) is 63.0 Å². The molecule has 3 aliphatic heterocycles. The molecule has 1 aromatic carbocycles. The molecule has 0 radical (unpaired) electrons. The van der Waals surface area contributed by atoms with Gasteiger partial charge in [-0.25, -0.2) is 4.68 Å². The van der Waals surface area contributed by atoms with Gasteiger partial charge in [0.05, 0.1) is 11.8 Å². The van der Waals surface area contributed by atoms with Gasteiger partial charge in [0.1, 0.15) is 12.1 Å². The normalized spacial score (nSPS) is 27.3.